The molecule has 0 radical (unpaired) electrons. The first-order valence-corrected chi connectivity index (χ1v) is 12.1. The molecule has 1 aliphatic rings. The molecule has 2 amide bonds. The second kappa shape index (κ2) is 9.80. The predicted molar refractivity (Wildman–Crippen MR) is 122 cm³/mol. The monoisotopic (exact) mass is 491 g/mol. The largest absolute Gasteiger partial charge is 0.444 e. The molecule has 1 aliphatic heterocycles. The molecule has 3 rings (SSSR count). The lowest BCUT2D eigenvalue weighted by molar-refractivity contribution is 0.0222. The van der Waals surface area contributed by atoms with E-state index in [0.717, 1.165) is 23.6 Å². The number of nitrogens with one attached hydrogen (secondary N) is 2. The molecule has 0 unspecified atom stereocenters. The van der Waals surface area contributed by atoms with Crippen LogP contribution in [0.5, 0.6) is 0 Å². The maximum absolute atomic E-state index is 13.7. The third-order valence-corrected chi connectivity index (χ3v) is 6.40. The normalized spacial score (nSPS) is 14.1. The molecule has 182 valence electrons. The van der Waals surface area contributed by atoms with E-state index in [2.05, 4.69) is 10.3 Å². The molecule has 0 saturated carbocycles. The van der Waals surface area contributed by atoms with Crippen molar-refractivity contribution in [2.45, 2.75) is 44.2 Å². The van der Waals surface area contributed by atoms with Gasteiger partial charge in [-0.05, 0) is 44.5 Å². The van der Waals surface area contributed by atoms with Crippen molar-refractivity contribution < 1.29 is 27.1 Å². The Morgan fingerprint density at radius 1 is 1.26 bits per heavy atom. The van der Waals surface area contributed by atoms with Crippen molar-refractivity contribution in [1.29, 1.82) is 0 Å². The van der Waals surface area contributed by atoms with Gasteiger partial charge in [0.1, 0.15) is 21.9 Å². The number of benzene rings is 1. The van der Waals surface area contributed by atoms with E-state index in [-0.39, 0.29) is 18.7 Å². The second-order valence-corrected chi connectivity index (χ2v) is 10.5. The molecule has 2 N–H and O–H groups in total. The van der Waals surface area contributed by atoms with Crippen LogP contribution in [0.3, 0.4) is 0 Å². The number of hydrogen-bond donors (Lipinski definition) is 2. The number of rotatable bonds is 5. The van der Waals surface area contributed by atoms with Crippen molar-refractivity contribution in [1.82, 2.24) is 15.2 Å². The summed E-state index contributed by atoms with van der Waals surface area (Å²) >= 11 is 0. The van der Waals surface area contributed by atoms with E-state index in [0.29, 0.717) is 24.2 Å². The van der Waals surface area contributed by atoms with E-state index in [4.69, 9.17) is 4.74 Å². The number of halogens is 1. The van der Waals surface area contributed by atoms with E-state index in [9.17, 15) is 27.2 Å². The zero-order valence-corrected chi connectivity index (χ0v) is 19.9. The predicted octanol–water partition coefficient (Wildman–Crippen LogP) is 2.52. The highest BCUT2D eigenvalue weighted by Gasteiger charge is 2.27. The minimum atomic E-state index is -4.03. The first-order chi connectivity index (χ1) is 15.9. The number of H-pyrrole nitrogens is 1. The summed E-state index contributed by atoms with van der Waals surface area (Å²) in [7, 11) is -4.03. The minimum absolute atomic E-state index is 0.169. The van der Waals surface area contributed by atoms with Crippen LogP contribution in [0, 0.1) is 5.82 Å². The molecule has 11 heteroatoms. The van der Waals surface area contributed by atoms with Crippen molar-refractivity contribution >= 4 is 21.8 Å². The highest BCUT2D eigenvalue weighted by Crippen LogP contribution is 2.20. The number of sulfone groups is 1. The average molecular weight is 492 g/mol. The number of nitrogens with zero attached hydrogens (tertiary/aromatic N) is 1. The zero-order valence-electron chi connectivity index (χ0n) is 19.1. The summed E-state index contributed by atoms with van der Waals surface area (Å²) in [5.74, 6) is -1.59. The molecule has 0 fully saturated rings. The lowest BCUT2D eigenvalue weighted by Gasteiger charge is -2.31. The Kier molecular flexibility index (Phi) is 7.25. The number of hydrogen-bond acceptors (Lipinski definition) is 6. The van der Waals surface area contributed by atoms with Gasteiger partial charge in [-0.1, -0.05) is 18.2 Å². The standard InChI is InChI=1S/C23H26FN3O6S/c1-23(2,3)33-22(30)27-11-9-18-15(14-27)13-16(21(29)26-18)20(28)25-10-6-12-34(31,32)19-8-5-4-7-17(19)24/h4-8,12-13H,9-11,14H2,1-3H3,(H,25,28)(H,26,29)/b12-6+. The molecule has 0 aliphatic carbocycles. The Bertz CT molecular complexity index is 1290. The van der Waals surface area contributed by atoms with Crippen LogP contribution in [-0.4, -0.2) is 49.0 Å². The maximum atomic E-state index is 13.7. The van der Waals surface area contributed by atoms with Crippen molar-refractivity contribution in [2.75, 3.05) is 13.1 Å². The van der Waals surface area contributed by atoms with Gasteiger partial charge in [0, 0.05) is 30.6 Å². The van der Waals surface area contributed by atoms with E-state index >= 15 is 0 Å². The first kappa shape index (κ1) is 25.2. The van der Waals surface area contributed by atoms with Crippen LogP contribution < -0.4 is 10.9 Å². The number of pyridine rings is 1. The van der Waals surface area contributed by atoms with Crippen LogP contribution in [0.25, 0.3) is 0 Å². The third-order valence-electron chi connectivity index (χ3n) is 4.90. The number of carbonyl (C=O) groups is 2. The molecule has 9 nitrogen and oxygen atoms in total. The molecular formula is C23H26FN3O6S. The Morgan fingerprint density at radius 3 is 2.65 bits per heavy atom. The molecule has 0 saturated heterocycles. The molecule has 0 bridgehead atoms. The third kappa shape index (κ3) is 6.10. The Morgan fingerprint density at radius 2 is 1.97 bits per heavy atom. The summed E-state index contributed by atoms with van der Waals surface area (Å²) in [5, 5.41) is 3.23. The summed E-state index contributed by atoms with van der Waals surface area (Å²) in [6.07, 6.45) is 1.07. The van der Waals surface area contributed by atoms with Gasteiger partial charge in [0.2, 0.25) is 9.84 Å². The lowest BCUT2D eigenvalue weighted by atomic mass is 10.0. The van der Waals surface area contributed by atoms with Crippen LogP contribution in [0.2, 0.25) is 0 Å². The van der Waals surface area contributed by atoms with E-state index in [1.54, 1.807) is 20.8 Å². The number of ether oxygens (including phenoxy) is 1. The minimum Gasteiger partial charge on any atom is -0.444 e. The highest BCUT2D eigenvalue weighted by atomic mass is 32.2. The fraction of sp³-hybridized carbons (Fsp3) is 0.348. The maximum Gasteiger partial charge on any atom is 0.410 e. The van der Waals surface area contributed by atoms with Gasteiger partial charge in [-0.2, -0.15) is 0 Å². The van der Waals surface area contributed by atoms with Gasteiger partial charge in [-0.15, -0.1) is 0 Å². The van der Waals surface area contributed by atoms with Gasteiger partial charge in [-0.3, -0.25) is 9.59 Å². The molecule has 0 spiro atoms. The Balaban J connectivity index is 1.68. The second-order valence-electron chi connectivity index (χ2n) is 8.73. The molecule has 0 atom stereocenters. The highest BCUT2D eigenvalue weighted by molar-refractivity contribution is 7.94. The fourth-order valence-electron chi connectivity index (χ4n) is 3.33. The number of amides is 2. The van der Waals surface area contributed by atoms with Crippen molar-refractivity contribution in [3.05, 3.63) is 74.8 Å². The van der Waals surface area contributed by atoms with Crippen LogP contribution in [0.15, 0.2) is 51.5 Å². The zero-order chi connectivity index (χ0) is 25.1. The number of aromatic amines is 1. The lowest BCUT2D eigenvalue weighted by Crippen LogP contribution is -2.41. The van der Waals surface area contributed by atoms with Gasteiger partial charge in [-0.25, -0.2) is 17.6 Å². The van der Waals surface area contributed by atoms with E-state index < -0.39 is 43.7 Å². The number of aromatic nitrogens is 1. The molecular weight excluding hydrogens is 465 g/mol. The Labute approximate surface area is 196 Å². The summed E-state index contributed by atoms with van der Waals surface area (Å²) in [6, 6.07) is 6.37. The van der Waals surface area contributed by atoms with Crippen LogP contribution in [0.1, 0.15) is 42.4 Å². The number of fused-ring (bicyclic) bond motifs is 1. The first-order valence-electron chi connectivity index (χ1n) is 10.5. The molecule has 2 aromatic rings. The van der Waals surface area contributed by atoms with Gasteiger partial charge < -0.3 is 19.9 Å². The van der Waals surface area contributed by atoms with Crippen molar-refractivity contribution in [2.24, 2.45) is 0 Å². The van der Waals surface area contributed by atoms with Gasteiger partial charge in [0.05, 0.1) is 6.54 Å². The van der Waals surface area contributed by atoms with Gasteiger partial charge in [0.15, 0.2) is 0 Å². The van der Waals surface area contributed by atoms with Crippen LogP contribution >= 0.6 is 0 Å². The molecule has 1 aromatic heterocycles. The molecule has 1 aromatic carbocycles. The average Bonchev–Trinajstić information content (AvgIpc) is 2.74. The number of carbonyl (C=O) groups excluding carboxylic acids is 2. The summed E-state index contributed by atoms with van der Waals surface area (Å²) in [6.45, 7) is 5.62. The van der Waals surface area contributed by atoms with Gasteiger partial charge in [0.25, 0.3) is 11.5 Å². The molecule has 2 heterocycles. The molecule has 34 heavy (non-hydrogen) atoms. The van der Waals surface area contributed by atoms with E-state index in [1.165, 1.54) is 23.1 Å². The van der Waals surface area contributed by atoms with Crippen molar-refractivity contribution in [3.63, 3.8) is 0 Å². The fourth-order valence-corrected chi connectivity index (χ4v) is 4.43. The summed E-state index contributed by atoms with van der Waals surface area (Å²) in [4.78, 5) is 40.9. The summed E-state index contributed by atoms with van der Waals surface area (Å²) < 4.78 is 43.5. The van der Waals surface area contributed by atoms with Crippen LogP contribution in [0.4, 0.5) is 9.18 Å². The smallest absolute Gasteiger partial charge is 0.410 e. The van der Waals surface area contributed by atoms with Crippen molar-refractivity contribution in [3.8, 4) is 0 Å². The van der Waals surface area contributed by atoms with Crippen LogP contribution in [-0.2, 0) is 27.5 Å². The quantitative estimate of drug-likeness (QED) is 0.662. The van der Waals surface area contributed by atoms with Gasteiger partial charge >= 0.3 is 6.09 Å². The SMILES string of the molecule is CC(C)(C)OC(=O)N1CCc2[nH]c(=O)c(C(=O)NC/C=C/S(=O)(=O)c3ccccc3F)cc2C1. The Hall–Kier alpha value is -3.47. The van der Waals surface area contributed by atoms with E-state index in [1.807, 2.05) is 0 Å². The topological polar surface area (TPSA) is 126 Å². The summed E-state index contributed by atoms with van der Waals surface area (Å²) in [5.41, 5.74) is -0.169.